The van der Waals surface area contributed by atoms with Crippen molar-refractivity contribution in [3.8, 4) is 0 Å². The Kier molecular flexibility index (Phi) is 6.05. The van der Waals surface area contributed by atoms with Crippen LogP contribution in [0.25, 0.3) is 0 Å². The molecule has 28 heavy (non-hydrogen) atoms. The number of nitrogens with zero attached hydrogens (tertiary/aromatic N) is 1. The van der Waals surface area contributed by atoms with Crippen LogP contribution in [0.5, 0.6) is 0 Å². The number of carbonyl (C=O) groups excluding carboxylic acids is 3. The fourth-order valence-electron chi connectivity index (χ4n) is 4.12. The van der Waals surface area contributed by atoms with Crippen molar-refractivity contribution in [3.05, 3.63) is 35.4 Å². The molecule has 0 radical (unpaired) electrons. The minimum atomic E-state index is -4.39. The van der Waals surface area contributed by atoms with E-state index in [2.05, 4.69) is 5.32 Å². The Morgan fingerprint density at radius 3 is 2.39 bits per heavy atom. The Labute approximate surface area is 161 Å². The molecular weight excluding hydrogens is 373 g/mol. The zero-order valence-electron chi connectivity index (χ0n) is 15.4. The lowest BCUT2D eigenvalue weighted by molar-refractivity contribution is -0.142. The lowest BCUT2D eigenvalue weighted by atomic mass is 9.93. The normalized spacial score (nSPS) is 25.0. The van der Waals surface area contributed by atoms with Gasteiger partial charge in [-0.15, -0.1) is 0 Å². The Balaban J connectivity index is 1.59. The average Bonchev–Trinajstić information content (AvgIpc) is 3.34. The first-order valence-corrected chi connectivity index (χ1v) is 9.51. The third-order valence-corrected chi connectivity index (χ3v) is 5.66. The quantitative estimate of drug-likeness (QED) is 0.779. The first-order valence-electron chi connectivity index (χ1n) is 9.51. The first kappa shape index (κ1) is 20.4. The maximum atomic E-state index is 12.8. The number of nitrogens with one attached hydrogen (secondary N) is 1. The molecule has 2 fully saturated rings. The molecule has 8 heteroatoms. The van der Waals surface area contributed by atoms with Gasteiger partial charge in [-0.05, 0) is 43.4 Å². The van der Waals surface area contributed by atoms with E-state index in [9.17, 15) is 27.6 Å². The molecule has 1 saturated carbocycles. The van der Waals surface area contributed by atoms with Crippen molar-refractivity contribution in [2.24, 2.45) is 11.8 Å². The third kappa shape index (κ3) is 4.36. The summed E-state index contributed by atoms with van der Waals surface area (Å²) in [5, 5.41) is 2.74. The van der Waals surface area contributed by atoms with Gasteiger partial charge >= 0.3 is 6.18 Å². The maximum Gasteiger partial charge on any atom is 0.416 e. The van der Waals surface area contributed by atoms with Crippen LogP contribution >= 0.6 is 0 Å². The fraction of sp³-hybridized carbons (Fsp3) is 0.550. The number of carbonyl (C=O) groups is 3. The molecule has 1 saturated heterocycles. The Morgan fingerprint density at radius 2 is 1.75 bits per heavy atom. The predicted molar refractivity (Wildman–Crippen MR) is 94.9 cm³/mol. The molecule has 3 atom stereocenters. The summed E-state index contributed by atoms with van der Waals surface area (Å²) in [6, 6.07) is 4.23. The number of benzene rings is 1. The van der Waals surface area contributed by atoms with Crippen LogP contribution in [0.15, 0.2) is 24.3 Å². The summed E-state index contributed by atoms with van der Waals surface area (Å²) in [7, 11) is 0. The van der Waals surface area contributed by atoms with E-state index in [4.69, 9.17) is 0 Å². The molecule has 1 aromatic rings. The van der Waals surface area contributed by atoms with E-state index in [-0.39, 0.29) is 18.4 Å². The largest absolute Gasteiger partial charge is 0.416 e. The molecule has 1 N–H and O–H groups in total. The SMILES string of the molecule is O=C[C@@H]1CCCN1C(=O)C1CCC[C@H]1C(=O)NCc1ccc(C(F)(F)F)cc1. The zero-order chi connectivity index (χ0) is 20.3. The molecular formula is C20H23F3N2O3. The van der Waals surface area contributed by atoms with Crippen molar-refractivity contribution in [3.63, 3.8) is 0 Å². The minimum absolute atomic E-state index is 0.106. The first-order chi connectivity index (χ1) is 13.3. The predicted octanol–water partition coefficient (Wildman–Crippen LogP) is 2.93. The number of alkyl halides is 3. The molecule has 2 aliphatic rings. The number of likely N-dealkylation sites (tertiary alicyclic amines) is 1. The molecule has 2 amide bonds. The number of aldehydes is 1. The van der Waals surface area contributed by atoms with Gasteiger partial charge in [0.05, 0.1) is 11.6 Å². The molecule has 1 heterocycles. The van der Waals surface area contributed by atoms with Crippen LogP contribution < -0.4 is 5.32 Å². The van der Waals surface area contributed by atoms with E-state index >= 15 is 0 Å². The summed E-state index contributed by atoms with van der Waals surface area (Å²) in [5.41, 5.74) is -0.179. The van der Waals surface area contributed by atoms with Gasteiger partial charge in [-0.1, -0.05) is 18.6 Å². The second-order valence-electron chi connectivity index (χ2n) is 7.43. The van der Waals surface area contributed by atoms with Crippen LogP contribution in [0.2, 0.25) is 0 Å². The molecule has 0 spiro atoms. The molecule has 5 nitrogen and oxygen atoms in total. The Morgan fingerprint density at radius 1 is 1.07 bits per heavy atom. The van der Waals surface area contributed by atoms with Crippen molar-refractivity contribution < 1.29 is 27.6 Å². The van der Waals surface area contributed by atoms with Crippen molar-refractivity contribution in [1.82, 2.24) is 10.2 Å². The number of amides is 2. The van der Waals surface area contributed by atoms with Crippen molar-refractivity contribution in [1.29, 1.82) is 0 Å². The van der Waals surface area contributed by atoms with Crippen molar-refractivity contribution in [2.45, 2.75) is 50.9 Å². The molecule has 152 valence electrons. The van der Waals surface area contributed by atoms with E-state index in [1.165, 1.54) is 12.1 Å². The van der Waals surface area contributed by atoms with Crippen molar-refractivity contribution >= 4 is 18.1 Å². The van der Waals surface area contributed by atoms with Crippen LogP contribution in [0.1, 0.15) is 43.2 Å². The Hall–Kier alpha value is -2.38. The maximum absolute atomic E-state index is 12.8. The van der Waals surface area contributed by atoms with E-state index in [0.717, 1.165) is 31.3 Å². The van der Waals surface area contributed by atoms with Gasteiger partial charge in [0.1, 0.15) is 6.29 Å². The van der Waals surface area contributed by atoms with Gasteiger partial charge in [0, 0.05) is 24.9 Å². The van der Waals surface area contributed by atoms with Gasteiger partial charge < -0.3 is 15.0 Å². The lowest BCUT2D eigenvalue weighted by Crippen LogP contribution is -2.44. The van der Waals surface area contributed by atoms with Gasteiger partial charge in [0.2, 0.25) is 11.8 Å². The topological polar surface area (TPSA) is 66.5 Å². The summed E-state index contributed by atoms with van der Waals surface area (Å²) >= 11 is 0. The summed E-state index contributed by atoms with van der Waals surface area (Å²) in [4.78, 5) is 38.1. The second-order valence-corrected chi connectivity index (χ2v) is 7.43. The summed E-state index contributed by atoms with van der Waals surface area (Å²) < 4.78 is 37.8. The lowest BCUT2D eigenvalue weighted by Gasteiger charge is -2.27. The molecule has 1 unspecified atom stereocenters. The fourth-order valence-corrected chi connectivity index (χ4v) is 4.12. The smallest absolute Gasteiger partial charge is 0.352 e. The monoisotopic (exact) mass is 396 g/mol. The van der Waals surface area contributed by atoms with Crippen LogP contribution in [0.4, 0.5) is 13.2 Å². The summed E-state index contributed by atoms with van der Waals surface area (Å²) in [6.07, 6.45) is -0.199. The van der Waals surface area contributed by atoms with Crippen LogP contribution in [0.3, 0.4) is 0 Å². The number of hydrogen-bond donors (Lipinski definition) is 1. The van der Waals surface area contributed by atoms with E-state index in [1.54, 1.807) is 4.90 Å². The minimum Gasteiger partial charge on any atom is -0.352 e. The highest BCUT2D eigenvalue weighted by Gasteiger charge is 2.42. The van der Waals surface area contributed by atoms with Crippen LogP contribution in [0, 0.1) is 11.8 Å². The summed E-state index contributed by atoms with van der Waals surface area (Å²) in [6.45, 7) is 0.647. The summed E-state index contributed by atoms with van der Waals surface area (Å²) in [5.74, 6) is -1.30. The van der Waals surface area contributed by atoms with Gasteiger partial charge in [0.15, 0.2) is 0 Å². The van der Waals surface area contributed by atoms with E-state index < -0.39 is 29.6 Å². The molecule has 1 aliphatic carbocycles. The van der Waals surface area contributed by atoms with Crippen LogP contribution in [-0.4, -0.2) is 35.6 Å². The number of hydrogen-bond acceptors (Lipinski definition) is 3. The number of halogens is 3. The second kappa shape index (κ2) is 8.32. The molecule has 1 aliphatic heterocycles. The average molecular weight is 396 g/mol. The van der Waals surface area contributed by atoms with Gasteiger partial charge in [0.25, 0.3) is 0 Å². The van der Waals surface area contributed by atoms with E-state index in [0.29, 0.717) is 31.4 Å². The highest BCUT2D eigenvalue weighted by molar-refractivity contribution is 5.89. The van der Waals surface area contributed by atoms with Gasteiger partial charge in [-0.2, -0.15) is 13.2 Å². The third-order valence-electron chi connectivity index (χ3n) is 5.66. The highest BCUT2D eigenvalue weighted by atomic mass is 19.4. The number of rotatable bonds is 5. The Bertz CT molecular complexity index is 733. The zero-order valence-corrected chi connectivity index (χ0v) is 15.4. The van der Waals surface area contributed by atoms with Gasteiger partial charge in [-0.25, -0.2) is 0 Å². The van der Waals surface area contributed by atoms with Crippen LogP contribution in [-0.2, 0) is 27.1 Å². The molecule has 0 bridgehead atoms. The van der Waals surface area contributed by atoms with E-state index in [1.807, 2.05) is 0 Å². The molecule has 3 rings (SSSR count). The standard InChI is InChI=1S/C20H23F3N2O3/c21-20(22,23)14-8-6-13(7-9-14)11-24-18(27)16-4-1-5-17(16)19(28)25-10-2-3-15(25)12-26/h6-9,12,15-17H,1-5,10-11H2,(H,24,27)/t15-,16+,17?/m0/s1. The molecule has 0 aromatic heterocycles. The molecule has 1 aromatic carbocycles. The van der Waals surface area contributed by atoms with Crippen molar-refractivity contribution in [2.75, 3.05) is 6.54 Å². The van der Waals surface area contributed by atoms with Gasteiger partial charge in [-0.3, -0.25) is 9.59 Å². The highest BCUT2D eigenvalue weighted by Crippen LogP contribution is 2.35.